The standard InChI is InChI=1S/C12H20N4OS2/c1-9-11(19-16-15-9)18-8-7-13-12(17)14-10-5-3-2-4-6-10/h10H,2-8H2,1H3,(H2,13,14,17). The minimum atomic E-state index is -0.0355. The second kappa shape index (κ2) is 7.69. The van der Waals surface area contributed by atoms with E-state index in [0.717, 1.165) is 28.5 Å². The van der Waals surface area contributed by atoms with Crippen LogP contribution in [0.3, 0.4) is 0 Å². The molecule has 106 valence electrons. The van der Waals surface area contributed by atoms with E-state index in [1.54, 1.807) is 11.8 Å². The van der Waals surface area contributed by atoms with Crippen LogP contribution in [0.1, 0.15) is 37.8 Å². The van der Waals surface area contributed by atoms with E-state index in [0.29, 0.717) is 12.6 Å². The molecule has 2 rings (SSSR count). The largest absolute Gasteiger partial charge is 0.337 e. The molecular weight excluding hydrogens is 280 g/mol. The molecule has 0 spiro atoms. The Morgan fingerprint density at radius 2 is 2.21 bits per heavy atom. The fourth-order valence-corrected chi connectivity index (χ4v) is 3.76. The number of hydrogen-bond donors (Lipinski definition) is 2. The van der Waals surface area contributed by atoms with E-state index in [9.17, 15) is 4.79 Å². The Morgan fingerprint density at radius 1 is 1.42 bits per heavy atom. The molecule has 0 aliphatic heterocycles. The van der Waals surface area contributed by atoms with Gasteiger partial charge in [-0.05, 0) is 31.3 Å². The summed E-state index contributed by atoms with van der Waals surface area (Å²) >= 11 is 3.10. The predicted molar refractivity (Wildman–Crippen MR) is 78.8 cm³/mol. The maximum absolute atomic E-state index is 11.7. The van der Waals surface area contributed by atoms with E-state index in [1.807, 2.05) is 6.92 Å². The number of hydrogen-bond acceptors (Lipinski definition) is 5. The SMILES string of the molecule is Cc1nnsc1SCCNC(=O)NC1CCCCC1. The minimum absolute atomic E-state index is 0.0355. The first-order valence-electron chi connectivity index (χ1n) is 6.72. The van der Waals surface area contributed by atoms with Crippen LogP contribution in [0.4, 0.5) is 4.79 Å². The van der Waals surface area contributed by atoms with Crippen LogP contribution in [-0.2, 0) is 0 Å². The van der Waals surface area contributed by atoms with E-state index in [2.05, 4.69) is 20.2 Å². The molecule has 0 saturated heterocycles. The zero-order valence-electron chi connectivity index (χ0n) is 11.1. The normalized spacial score (nSPS) is 16.3. The van der Waals surface area contributed by atoms with Crippen molar-refractivity contribution in [1.29, 1.82) is 0 Å². The second-order valence-corrected chi connectivity index (χ2v) is 6.85. The van der Waals surface area contributed by atoms with E-state index in [-0.39, 0.29) is 6.03 Å². The van der Waals surface area contributed by atoms with Crippen LogP contribution in [-0.4, -0.2) is 34.0 Å². The van der Waals surface area contributed by atoms with Gasteiger partial charge in [0, 0.05) is 18.3 Å². The Labute approximate surface area is 122 Å². The lowest BCUT2D eigenvalue weighted by molar-refractivity contribution is 0.233. The first-order chi connectivity index (χ1) is 9.25. The summed E-state index contributed by atoms with van der Waals surface area (Å²) in [5, 5.41) is 9.90. The third-order valence-electron chi connectivity index (χ3n) is 3.17. The second-order valence-electron chi connectivity index (χ2n) is 4.73. The molecule has 1 aliphatic rings. The monoisotopic (exact) mass is 300 g/mol. The number of rotatable bonds is 5. The van der Waals surface area contributed by atoms with Crippen LogP contribution in [0.2, 0.25) is 0 Å². The highest BCUT2D eigenvalue weighted by Gasteiger charge is 2.15. The zero-order chi connectivity index (χ0) is 13.5. The number of amides is 2. The number of thioether (sulfide) groups is 1. The highest BCUT2D eigenvalue weighted by atomic mass is 32.2. The molecule has 0 unspecified atom stereocenters. The summed E-state index contributed by atoms with van der Waals surface area (Å²) in [7, 11) is 0. The van der Waals surface area contributed by atoms with Gasteiger partial charge in [0.05, 0.1) is 5.69 Å². The van der Waals surface area contributed by atoms with Crippen LogP contribution >= 0.6 is 23.3 Å². The summed E-state index contributed by atoms with van der Waals surface area (Å²) in [5.41, 5.74) is 0.974. The van der Waals surface area contributed by atoms with Gasteiger partial charge in [-0.2, -0.15) is 0 Å². The molecule has 0 bridgehead atoms. The summed E-state index contributed by atoms with van der Waals surface area (Å²) in [6.07, 6.45) is 6.01. The zero-order valence-corrected chi connectivity index (χ0v) is 12.8. The van der Waals surface area contributed by atoms with Crippen LogP contribution in [0.5, 0.6) is 0 Å². The van der Waals surface area contributed by atoms with Crippen LogP contribution in [0, 0.1) is 6.92 Å². The smallest absolute Gasteiger partial charge is 0.315 e. The average Bonchev–Trinajstić information content (AvgIpc) is 2.81. The maximum atomic E-state index is 11.7. The van der Waals surface area contributed by atoms with Crippen molar-refractivity contribution in [3.05, 3.63) is 5.69 Å². The molecule has 0 atom stereocenters. The average molecular weight is 300 g/mol. The molecule has 2 amide bonds. The summed E-state index contributed by atoms with van der Waals surface area (Å²) in [6.45, 7) is 2.62. The number of aryl methyl sites for hydroxylation is 1. The van der Waals surface area contributed by atoms with Crippen molar-refractivity contribution < 1.29 is 4.79 Å². The summed E-state index contributed by atoms with van der Waals surface area (Å²) in [6, 6.07) is 0.334. The summed E-state index contributed by atoms with van der Waals surface area (Å²) in [5.74, 6) is 0.850. The third-order valence-corrected chi connectivity index (χ3v) is 5.34. The van der Waals surface area contributed by atoms with Crippen LogP contribution in [0.25, 0.3) is 0 Å². The number of urea groups is 1. The van der Waals surface area contributed by atoms with Crippen molar-refractivity contribution in [2.24, 2.45) is 0 Å². The molecule has 7 heteroatoms. The quantitative estimate of drug-likeness (QED) is 0.648. The molecule has 1 fully saturated rings. The van der Waals surface area contributed by atoms with Gasteiger partial charge in [-0.1, -0.05) is 23.8 Å². The van der Waals surface area contributed by atoms with Gasteiger partial charge in [-0.3, -0.25) is 0 Å². The highest BCUT2D eigenvalue weighted by molar-refractivity contribution is 8.01. The van der Waals surface area contributed by atoms with Gasteiger partial charge in [-0.25, -0.2) is 4.79 Å². The molecule has 0 radical (unpaired) electrons. The third kappa shape index (κ3) is 4.99. The molecule has 2 N–H and O–H groups in total. The topological polar surface area (TPSA) is 66.9 Å². The van der Waals surface area contributed by atoms with Crippen LogP contribution < -0.4 is 10.6 Å². The minimum Gasteiger partial charge on any atom is -0.337 e. The van der Waals surface area contributed by atoms with Gasteiger partial charge in [-0.15, -0.1) is 16.9 Å². The molecule has 1 saturated carbocycles. The lowest BCUT2D eigenvalue weighted by Crippen LogP contribution is -2.43. The first-order valence-corrected chi connectivity index (χ1v) is 8.47. The Balaban J connectivity index is 1.57. The van der Waals surface area contributed by atoms with Crippen molar-refractivity contribution in [1.82, 2.24) is 20.2 Å². The van der Waals surface area contributed by atoms with Crippen molar-refractivity contribution in [2.45, 2.75) is 49.3 Å². The lowest BCUT2D eigenvalue weighted by atomic mass is 9.96. The molecule has 1 heterocycles. The molecule has 1 aliphatic carbocycles. The molecular formula is C12H20N4OS2. The number of aromatic nitrogens is 2. The number of carbonyl (C=O) groups is 1. The first kappa shape index (κ1) is 14.6. The number of nitrogens with one attached hydrogen (secondary N) is 2. The molecule has 0 aromatic carbocycles. The Bertz CT molecular complexity index is 404. The van der Waals surface area contributed by atoms with Gasteiger partial charge in [0.15, 0.2) is 0 Å². The summed E-state index contributed by atoms with van der Waals surface area (Å²) in [4.78, 5) is 11.7. The van der Waals surface area contributed by atoms with Crippen molar-refractivity contribution in [2.75, 3.05) is 12.3 Å². The van der Waals surface area contributed by atoms with E-state index in [4.69, 9.17) is 0 Å². The van der Waals surface area contributed by atoms with Gasteiger partial charge in [0.1, 0.15) is 4.21 Å². The molecule has 1 aromatic rings. The van der Waals surface area contributed by atoms with Crippen molar-refractivity contribution >= 4 is 29.3 Å². The van der Waals surface area contributed by atoms with E-state index in [1.165, 1.54) is 30.8 Å². The highest BCUT2D eigenvalue weighted by Crippen LogP contribution is 2.23. The Hall–Kier alpha value is -0.820. The van der Waals surface area contributed by atoms with Gasteiger partial charge >= 0.3 is 6.03 Å². The number of carbonyl (C=O) groups excluding carboxylic acids is 1. The molecule has 1 aromatic heterocycles. The van der Waals surface area contributed by atoms with Crippen LogP contribution in [0.15, 0.2) is 4.21 Å². The summed E-state index contributed by atoms with van der Waals surface area (Å²) < 4.78 is 5.02. The van der Waals surface area contributed by atoms with Gasteiger partial charge in [0.2, 0.25) is 0 Å². The molecule has 5 nitrogen and oxygen atoms in total. The van der Waals surface area contributed by atoms with Gasteiger partial charge < -0.3 is 10.6 Å². The fraction of sp³-hybridized carbons (Fsp3) is 0.750. The molecule has 19 heavy (non-hydrogen) atoms. The predicted octanol–water partition coefficient (Wildman–Crippen LogP) is 2.57. The Kier molecular flexibility index (Phi) is 5.91. The van der Waals surface area contributed by atoms with E-state index < -0.39 is 0 Å². The lowest BCUT2D eigenvalue weighted by Gasteiger charge is -2.22. The van der Waals surface area contributed by atoms with Gasteiger partial charge in [0.25, 0.3) is 0 Å². The Morgan fingerprint density at radius 3 is 2.89 bits per heavy atom. The fourth-order valence-electron chi connectivity index (χ4n) is 2.15. The van der Waals surface area contributed by atoms with Crippen molar-refractivity contribution in [3.63, 3.8) is 0 Å². The van der Waals surface area contributed by atoms with E-state index >= 15 is 0 Å². The maximum Gasteiger partial charge on any atom is 0.315 e. The number of nitrogens with zero attached hydrogens (tertiary/aromatic N) is 2. The van der Waals surface area contributed by atoms with Crippen molar-refractivity contribution in [3.8, 4) is 0 Å².